The highest BCUT2D eigenvalue weighted by Crippen LogP contribution is 2.45. The zero-order valence-electron chi connectivity index (χ0n) is 17.7. The van der Waals surface area contributed by atoms with Crippen molar-refractivity contribution in [3.63, 3.8) is 0 Å². The highest BCUT2D eigenvalue weighted by Gasteiger charge is 2.44. The van der Waals surface area contributed by atoms with Crippen LogP contribution >= 0.6 is 11.3 Å². The Hall–Kier alpha value is -3.50. The average Bonchev–Trinajstić information content (AvgIpc) is 3.31. The third-order valence-electron chi connectivity index (χ3n) is 5.47. The zero-order valence-corrected chi connectivity index (χ0v) is 18.5. The van der Waals surface area contributed by atoms with E-state index in [9.17, 15) is 14.0 Å². The molecule has 1 aromatic heterocycles. The van der Waals surface area contributed by atoms with E-state index in [1.165, 1.54) is 23.5 Å². The fraction of sp³-hybridized carbons (Fsp3) is 0.240. The Morgan fingerprint density at radius 3 is 2.69 bits per heavy atom. The normalized spacial score (nSPS) is 17.7. The smallest absolute Gasteiger partial charge is 0.254 e. The van der Waals surface area contributed by atoms with Crippen molar-refractivity contribution in [1.82, 2.24) is 4.90 Å². The molecule has 1 aliphatic rings. The minimum Gasteiger partial charge on any atom is -0.329 e. The maximum absolute atomic E-state index is 13.7. The van der Waals surface area contributed by atoms with Gasteiger partial charge < -0.3 is 10.2 Å². The first kappa shape index (κ1) is 21.7. The lowest BCUT2D eigenvalue weighted by molar-refractivity contribution is -0.119. The first-order chi connectivity index (χ1) is 15.4. The summed E-state index contributed by atoms with van der Waals surface area (Å²) in [6, 6.07) is 16.3. The van der Waals surface area contributed by atoms with E-state index in [2.05, 4.69) is 5.32 Å². The lowest BCUT2D eigenvalue weighted by atomic mass is 9.81. The lowest BCUT2D eigenvalue weighted by Crippen LogP contribution is -2.47. The van der Waals surface area contributed by atoms with Crippen LogP contribution in [0.2, 0.25) is 0 Å². The van der Waals surface area contributed by atoms with Crippen molar-refractivity contribution < 1.29 is 14.0 Å². The van der Waals surface area contributed by atoms with E-state index in [0.717, 1.165) is 10.9 Å². The number of fused-ring (bicyclic) bond motifs is 1. The van der Waals surface area contributed by atoms with Gasteiger partial charge in [0.1, 0.15) is 11.9 Å². The summed E-state index contributed by atoms with van der Waals surface area (Å²) in [6.45, 7) is 4.58. The molecule has 0 saturated carbocycles. The lowest BCUT2D eigenvalue weighted by Gasteiger charge is -2.42. The second-order valence-electron chi connectivity index (χ2n) is 8.17. The molecule has 0 fully saturated rings. The molecule has 5 nitrogen and oxygen atoms in total. The number of thiophene rings is 1. The van der Waals surface area contributed by atoms with Crippen LogP contribution in [-0.2, 0) is 4.79 Å². The number of halogens is 1. The number of carbonyl (C=O) groups excluding carboxylic acids is 2. The molecule has 0 spiro atoms. The van der Waals surface area contributed by atoms with Gasteiger partial charge >= 0.3 is 0 Å². The number of anilines is 1. The molecular formula is C25H22FN3O2S. The Balaban J connectivity index is 1.81. The molecular weight excluding hydrogens is 425 g/mol. The number of nitrogens with one attached hydrogen (secondary N) is 1. The van der Waals surface area contributed by atoms with Crippen molar-refractivity contribution in [2.24, 2.45) is 5.92 Å². The number of nitriles is 1. The van der Waals surface area contributed by atoms with Crippen LogP contribution in [-0.4, -0.2) is 23.3 Å². The van der Waals surface area contributed by atoms with Gasteiger partial charge in [-0.15, -0.1) is 11.3 Å². The largest absolute Gasteiger partial charge is 0.329 e. The number of benzene rings is 2. The minimum absolute atomic E-state index is 0.0923. The van der Waals surface area contributed by atoms with Gasteiger partial charge in [0.15, 0.2) is 0 Å². The van der Waals surface area contributed by atoms with E-state index in [-0.39, 0.29) is 23.3 Å². The number of hydrogen-bond donors (Lipinski definition) is 1. The number of carbonyl (C=O) groups is 2. The second-order valence-corrected chi connectivity index (χ2v) is 9.15. The monoisotopic (exact) mass is 447 g/mol. The van der Waals surface area contributed by atoms with Gasteiger partial charge in [-0.3, -0.25) is 9.59 Å². The molecule has 0 saturated heterocycles. The predicted molar refractivity (Wildman–Crippen MR) is 122 cm³/mol. The van der Waals surface area contributed by atoms with Gasteiger partial charge in [-0.25, -0.2) is 4.39 Å². The fourth-order valence-electron chi connectivity index (χ4n) is 4.15. The molecule has 7 heteroatoms. The van der Waals surface area contributed by atoms with Crippen LogP contribution in [0.1, 0.15) is 52.2 Å². The molecule has 0 radical (unpaired) electrons. The third-order valence-corrected chi connectivity index (χ3v) is 6.41. The van der Waals surface area contributed by atoms with Crippen LogP contribution in [0.5, 0.6) is 0 Å². The Bertz CT molecular complexity index is 1200. The summed E-state index contributed by atoms with van der Waals surface area (Å²) >= 11 is 1.51. The third kappa shape index (κ3) is 4.02. The molecule has 1 aliphatic heterocycles. The Morgan fingerprint density at radius 2 is 2.00 bits per heavy atom. The molecule has 32 heavy (non-hydrogen) atoms. The molecule has 0 aliphatic carbocycles. The summed E-state index contributed by atoms with van der Waals surface area (Å²) in [6.07, 6.45) is 0. The van der Waals surface area contributed by atoms with Crippen LogP contribution in [0, 0.1) is 23.1 Å². The van der Waals surface area contributed by atoms with Crippen LogP contribution in [0.3, 0.4) is 0 Å². The van der Waals surface area contributed by atoms with Gasteiger partial charge in [-0.2, -0.15) is 5.26 Å². The van der Waals surface area contributed by atoms with Crippen LogP contribution in [0.25, 0.3) is 0 Å². The quantitative estimate of drug-likeness (QED) is 0.574. The first-order valence-corrected chi connectivity index (χ1v) is 11.2. The van der Waals surface area contributed by atoms with E-state index < -0.39 is 17.8 Å². The van der Waals surface area contributed by atoms with E-state index in [4.69, 9.17) is 5.26 Å². The van der Waals surface area contributed by atoms with Gasteiger partial charge in [0.2, 0.25) is 5.91 Å². The van der Waals surface area contributed by atoms with Crippen molar-refractivity contribution in [3.05, 3.63) is 87.4 Å². The van der Waals surface area contributed by atoms with Crippen molar-refractivity contribution in [1.29, 1.82) is 5.26 Å². The highest BCUT2D eigenvalue weighted by atomic mass is 32.1. The van der Waals surface area contributed by atoms with E-state index >= 15 is 0 Å². The van der Waals surface area contributed by atoms with Crippen molar-refractivity contribution in [2.45, 2.75) is 25.8 Å². The van der Waals surface area contributed by atoms with E-state index in [0.29, 0.717) is 23.4 Å². The summed E-state index contributed by atoms with van der Waals surface area (Å²) < 4.78 is 13.7. The molecule has 2 heterocycles. The zero-order chi connectivity index (χ0) is 22.8. The predicted octanol–water partition coefficient (Wildman–Crippen LogP) is 5.33. The van der Waals surface area contributed by atoms with Gasteiger partial charge in [-0.05, 0) is 47.2 Å². The minimum atomic E-state index is -0.656. The summed E-state index contributed by atoms with van der Waals surface area (Å²) in [5.41, 5.74) is 1.37. The number of nitrogens with zero attached hydrogens (tertiary/aromatic N) is 2. The van der Waals surface area contributed by atoms with Gasteiger partial charge in [0.25, 0.3) is 5.91 Å². The maximum atomic E-state index is 13.7. The SMILES string of the molecule is CC(C)CN1C(=O)c2ccccc2[C@@H](C(=O)Nc2ccc(F)c(C#N)c2)[C@H]1c1cccs1. The molecule has 1 N–H and O–H groups in total. The number of amides is 2. The Morgan fingerprint density at radius 1 is 1.22 bits per heavy atom. The topological polar surface area (TPSA) is 73.2 Å². The van der Waals surface area contributed by atoms with Gasteiger partial charge in [0.05, 0.1) is 17.5 Å². The summed E-state index contributed by atoms with van der Waals surface area (Å²) in [7, 11) is 0. The molecule has 4 rings (SSSR count). The molecule has 3 aromatic rings. The van der Waals surface area contributed by atoms with Crippen LogP contribution in [0.15, 0.2) is 60.0 Å². The standard InChI is InChI=1S/C25H22FN3O2S/c1-15(2)14-29-23(21-8-5-11-32-21)22(18-6-3-4-7-19(18)25(29)31)24(30)28-17-9-10-20(26)16(12-17)13-27/h3-12,15,22-23H,14H2,1-2H3,(H,28,30)/t22-,23-/m1/s1. The van der Waals surface area contributed by atoms with Crippen molar-refractivity contribution >= 4 is 28.8 Å². The summed E-state index contributed by atoms with van der Waals surface area (Å²) in [5, 5.41) is 13.9. The number of hydrogen-bond acceptors (Lipinski definition) is 4. The van der Waals surface area contributed by atoms with Gasteiger partial charge in [-0.1, -0.05) is 38.1 Å². The summed E-state index contributed by atoms with van der Waals surface area (Å²) in [5.74, 6) is -1.49. The Labute approximate surface area is 190 Å². The van der Waals surface area contributed by atoms with Crippen LogP contribution < -0.4 is 5.32 Å². The molecule has 162 valence electrons. The van der Waals surface area contributed by atoms with Gasteiger partial charge in [0, 0.05) is 22.7 Å². The number of rotatable bonds is 5. The fourth-order valence-corrected chi connectivity index (χ4v) is 5.03. The molecule has 2 atom stereocenters. The average molecular weight is 448 g/mol. The summed E-state index contributed by atoms with van der Waals surface area (Å²) in [4.78, 5) is 29.8. The maximum Gasteiger partial charge on any atom is 0.254 e. The molecule has 2 aromatic carbocycles. The molecule has 2 amide bonds. The van der Waals surface area contributed by atoms with Crippen molar-refractivity contribution in [2.75, 3.05) is 11.9 Å². The second kappa shape index (κ2) is 8.93. The molecule has 0 unspecified atom stereocenters. The van der Waals surface area contributed by atoms with E-state index in [1.807, 2.05) is 43.5 Å². The van der Waals surface area contributed by atoms with E-state index in [1.54, 1.807) is 23.1 Å². The Kier molecular flexibility index (Phi) is 6.06. The highest BCUT2D eigenvalue weighted by molar-refractivity contribution is 7.10. The van der Waals surface area contributed by atoms with Crippen LogP contribution in [0.4, 0.5) is 10.1 Å². The van der Waals surface area contributed by atoms with Crippen molar-refractivity contribution in [3.8, 4) is 6.07 Å². The first-order valence-electron chi connectivity index (χ1n) is 10.3. The molecule has 0 bridgehead atoms.